The fraction of sp³-hybridized carbons (Fsp3) is 0.462. The van der Waals surface area contributed by atoms with E-state index in [2.05, 4.69) is 5.32 Å². The van der Waals surface area contributed by atoms with Crippen LogP contribution in [0.3, 0.4) is 0 Å². The fourth-order valence-electron chi connectivity index (χ4n) is 1.21. The van der Waals surface area contributed by atoms with Crippen molar-refractivity contribution >= 4 is 5.91 Å². The Morgan fingerprint density at radius 1 is 1.44 bits per heavy atom. The number of ether oxygens (including phenoxy) is 1. The van der Waals surface area contributed by atoms with Crippen LogP contribution >= 0.6 is 0 Å². The van der Waals surface area contributed by atoms with E-state index >= 15 is 0 Å². The molecule has 18 heavy (non-hydrogen) atoms. The standard InChI is InChI=1S/C13H18FNO3/c1-9(2)11(16)7-15-13(17)8-18-12-6-4-3-5-10(12)14/h3-6,9,11,16H,7-8H2,1-2H3,(H,15,17). The van der Waals surface area contributed by atoms with Crippen molar-refractivity contribution in [2.75, 3.05) is 13.2 Å². The van der Waals surface area contributed by atoms with Crippen molar-refractivity contribution in [3.05, 3.63) is 30.1 Å². The summed E-state index contributed by atoms with van der Waals surface area (Å²) in [5.74, 6) is -0.791. The Hall–Kier alpha value is -1.62. The number of para-hydroxylation sites is 1. The van der Waals surface area contributed by atoms with Gasteiger partial charge in [-0.1, -0.05) is 26.0 Å². The molecule has 2 N–H and O–H groups in total. The van der Waals surface area contributed by atoms with Crippen LogP contribution in [0.4, 0.5) is 4.39 Å². The van der Waals surface area contributed by atoms with Gasteiger partial charge < -0.3 is 15.2 Å². The van der Waals surface area contributed by atoms with Crippen molar-refractivity contribution in [1.82, 2.24) is 5.32 Å². The van der Waals surface area contributed by atoms with Crippen LogP contribution in [0.1, 0.15) is 13.8 Å². The van der Waals surface area contributed by atoms with Gasteiger partial charge in [0.2, 0.25) is 0 Å². The highest BCUT2D eigenvalue weighted by Crippen LogP contribution is 2.14. The van der Waals surface area contributed by atoms with Crippen molar-refractivity contribution in [1.29, 1.82) is 0 Å². The van der Waals surface area contributed by atoms with E-state index in [1.165, 1.54) is 12.1 Å². The van der Waals surface area contributed by atoms with Crippen molar-refractivity contribution < 1.29 is 19.0 Å². The van der Waals surface area contributed by atoms with Crippen LogP contribution in [-0.2, 0) is 4.79 Å². The van der Waals surface area contributed by atoms with Gasteiger partial charge >= 0.3 is 0 Å². The highest BCUT2D eigenvalue weighted by atomic mass is 19.1. The molecule has 4 nitrogen and oxygen atoms in total. The number of rotatable bonds is 6. The average Bonchev–Trinajstić information content (AvgIpc) is 2.34. The third kappa shape index (κ3) is 4.71. The largest absolute Gasteiger partial charge is 0.481 e. The summed E-state index contributed by atoms with van der Waals surface area (Å²) in [5, 5.41) is 12.0. The lowest BCUT2D eigenvalue weighted by molar-refractivity contribution is -0.123. The Balaban J connectivity index is 2.32. The fourth-order valence-corrected chi connectivity index (χ4v) is 1.21. The van der Waals surface area contributed by atoms with Gasteiger partial charge in [0.25, 0.3) is 5.91 Å². The van der Waals surface area contributed by atoms with Crippen LogP contribution in [0.2, 0.25) is 0 Å². The number of benzene rings is 1. The van der Waals surface area contributed by atoms with Crippen molar-refractivity contribution in [2.24, 2.45) is 5.92 Å². The second-order valence-corrected chi connectivity index (χ2v) is 4.33. The van der Waals surface area contributed by atoms with Crippen LogP contribution in [0, 0.1) is 11.7 Å². The summed E-state index contributed by atoms with van der Waals surface area (Å²) in [4.78, 5) is 11.4. The Morgan fingerprint density at radius 3 is 2.72 bits per heavy atom. The number of carbonyl (C=O) groups is 1. The highest BCUT2D eigenvalue weighted by molar-refractivity contribution is 5.77. The molecule has 0 fully saturated rings. The molecule has 0 aliphatic rings. The quantitative estimate of drug-likeness (QED) is 0.806. The van der Waals surface area contributed by atoms with E-state index in [1.54, 1.807) is 12.1 Å². The smallest absolute Gasteiger partial charge is 0.258 e. The summed E-state index contributed by atoms with van der Waals surface area (Å²) >= 11 is 0. The monoisotopic (exact) mass is 255 g/mol. The molecular formula is C13H18FNO3. The zero-order valence-electron chi connectivity index (χ0n) is 10.5. The maximum Gasteiger partial charge on any atom is 0.258 e. The molecule has 0 spiro atoms. The SMILES string of the molecule is CC(C)C(O)CNC(=O)COc1ccccc1F. The van der Waals surface area contributed by atoms with Gasteiger partial charge in [0.15, 0.2) is 18.2 Å². The minimum atomic E-state index is -0.595. The number of amides is 1. The molecule has 1 unspecified atom stereocenters. The van der Waals surface area contributed by atoms with Gasteiger partial charge in [0.05, 0.1) is 6.10 Å². The van der Waals surface area contributed by atoms with Crippen molar-refractivity contribution in [2.45, 2.75) is 20.0 Å². The molecule has 5 heteroatoms. The molecular weight excluding hydrogens is 237 g/mol. The molecule has 1 amide bonds. The topological polar surface area (TPSA) is 58.6 Å². The average molecular weight is 255 g/mol. The summed E-state index contributed by atoms with van der Waals surface area (Å²) in [6, 6.07) is 5.88. The van der Waals surface area contributed by atoms with Crippen molar-refractivity contribution in [3.8, 4) is 5.75 Å². The molecule has 0 bridgehead atoms. The maximum absolute atomic E-state index is 13.2. The van der Waals surface area contributed by atoms with Gasteiger partial charge in [-0.3, -0.25) is 4.79 Å². The van der Waals surface area contributed by atoms with Gasteiger partial charge in [-0.25, -0.2) is 4.39 Å². The molecule has 0 radical (unpaired) electrons. The second-order valence-electron chi connectivity index (χ2n) is 4.33. The molecule has 0 aromatic heterocycles. The summed E-state index contributed by atoms with van der Waals surface area (Å²) in [7, 11) is 0. The van der Waals surface area contributed by atoms with Crippen LogP contribution in [0.15, 0.2) is 24.3 Å². The summed E-state index contributed by atoms with van der Waals surface area (Å²) in [6.45, 7) is 3.60. The van der Waals surface area contributed by atoms with Crippen LogP contribution in [0.25, 0.3) is 0 Å². The Labute approximate surface area is 106 Å². The predicted octanol–water partition coefficient (Wildman–Crippen LogP) is 1.34. The molecule has 1 aromatic rings. The second kappa shape index (κ2) is 6.96. The summed E-state index contributed by atoms with van der Waals surface area (Å²) in [6.07, 6.45) is -0.595. The molecule has 0 saturated carbocycles. The van der Waals surface area contributed by atoms with Crippen LogP contribution in [-0.4, -0.2) is 30.3 Å². The third-order valence-electron chi connectivity index (χ3n) is 2.47. The van der Waals surface area contributed by atoms with Gasteiger partial charge in [0, 0.05) is 6.54 Å². The molecule has 0 aliphatic carbocycles. The molecule has 100 valence electrons. The third-order valence-corrected chi connectivity index (χ3v) is 2.47. The Bertz CT molecular complexity index is 396. The lowest BCUT2D eigenvalue weighted by atomic mass is 10.1. The normalized spacial score (nSPS) is 12.3. The molecule has 1 rings (SSSR count). The first-order valence-electron chi connectivity index (χ1n) is 5.82. The number of halogens is 1. The highest BCUT2D eigenvalue weighted by Gasteiger charge is 2.11. The number of nitrogens with one attached hydrogen (secondary N) is 1. The first-order valence-corrected chi connectivity index (χ1v) is 5.82. The number of aliphatic hydroxyl groups is 1. The van der Waals surface area contributed by atoms with E-state index in [9.17, 15) is 14.3 Å². The first kappa shape index (κ1) is 14.4. The molecule has 0 saturated heterocycles. The zero-order valence-corrected chi connectivity index (χ0v) is 10.5. The number of carbonyl (C=O) groups excluding carboxylic acids is 1. The zero-order chi connectivity index (χ0) is 13.5. The van der Waals surface area contributed by atoms with E-state index < -0.39 is 17.8 Å². The van der Waals surface area contributed by atoms with Crippen LogP contribution < -0.4 is 10.1 Å². The van der Waals surface area contributed by atoms with Gasteiger partial charge in [-0.15, -0.1) is 0 Å². The van der Waals surface area contributed by atoms with Crippen LogP contribution in [0.5, 0.6) is 5.75 Å². The van der Waals surface area contributed by atoms with Crippen molar-refractivity contribution in [3.63, 3.8) is 0 Å². The van der Waals surface area contributed by atoms with Gasteiger partial charge in [0.1, 0.15) is 0 Å². The molecule has 0 aliphatic heterocycles. The van der Waals surface area contributed by atoms with Gasteiger partial charge in [-0.05, 0) is 18.1 Å². The van der Waals surface area contributed by atoms with E-state index in [4.69, 9.17) is 4.74 Å². The summed E-state index contributed by atoms with van der Waals surface area (Å²) < 4.78 is 18.2. The molecule has 0 heterocycles. The first-order chi connectivity index (χ1) is 8.50. The number of hydrogen-bond donors (Lipinski definition) is 2. The molecule has 1 atom stereocenters. The molecule has 1 aromatic carbocycles. The predicted molar refractivity (Wildman–Crippen MR) is 65.7 cm³/mol. The van der Waals surface area contributed by atoms with E-state index in [0.29, 0.717) is 0 Å². The lowest BCUT2D eigenvalue weighted by Crippen LogP contribution is -2.37. The number of hydrogen-bond acceptors (Lipinski definition) is 3. The Kier molecular flexibility index (Phi) is 5.58. The van der Waals surface area contributed by atoms with E-state index in [-0.39, 0.29) is 24.8 Å². The number of aliphatic hydroxyl groups excluding tert-OH is 1. The Morgan fingerprint density at radius 2 is 2.11 bits per heavy atom. The summed E-state index contributed by atoms with van der Waals surface area (Å²) in [5.41, 5.74) is 0. The van der Waals surface area contributed by atoms with E-state index in [1.807, 2.05) is 13.8 Å². The minimum Gasteiger partial charge on any atom is -0.481 e. The van der Waals surface area contributed by atoms with E-state index in [0.717, 1.165) is 0 Å². The lowest BCUT2D eigenvalue weighted by Gasteiger charge is -2.15. The minimum absolute atomic E-state index is 0.0389. The maximum atomic E-state index is 13.2. The van der Waals surface area contributed by atoms with Gasteiger partial charge in [-0.2, -0.15) is 0 Å².